The van der Waals surface area contributed by atoms with Gasteiger partial charge in [0.25, 0.3) is 0 Å². The molecule has 0 amide bonds. The van der Waals surface area contributed by atoms with E-state index in [0.717, 1.165) is 38.7 Å². The van der Waals surface area contributed by atoms with E-state index in [1.54, 1.807) is 11.3 Å². The molecule has 1 heterocycles. The third-order valence-electron chi connectivity index (χ3n) is 3.53. The Morgan fingerprint density at radius 2 is 2.05 bits per heavy atom. The molecule has 2 N–H and O–H groups in total. The van der Waals surface area contributed by atoms with Gasteiger partial charge in [-0.05, 0) is 41.4 Å². The topological polar surface area (TPSA) is 39.7 Å². The van der Waals surface area contributed by atoms with Gasteiger partial charge in [0.15, 0.2) is 5.96 Å². The molecule has 1 unspecified atom stereocenters. The zero-order valence-electron chi connectivity index (χ0n) is 13.6. The highest BCUT2D eigenvalue weighted by Gasteiger charge is 2.07. The number of hydrogen-bond donors (Lipinski definition) is 2. The lowest BCUT2D eigenvalue weighted by Gasteiger charge is -2.20. The molecular weight excluding hydrogens is 395 g/mol. The number of rotatable bonds is 8. The van der Waals surface area contributed by atoms with Crippen molar-refractivity contribution in [1.29, 1.82) is 0 Å². The Bertz CT molecular complexity index is 377. The minimum Gasteiger partial charge on any atom is -0.356 e. The average Bonchev–Trinajstić information content (AvgIpc) is 3.00. The summed E-state index contributed by atoms with van der Waals surface area (Å²) in [6, 6.07) is 2.19. The van der Waals surface area contributed by atoms with E-state index in [0.29, 0.717) is 5.92 Å². The van der Waals surface area contributed by atoms with E-state index in [-0.39, 0.29) is 24.0 Å². The van der Waals surface area contributed by atoms with E-state index in [4.69, 9.17) is 0 Å². The van der Waals surface area contributed by atoms with Crippen molar-refractivity contribution in [3.63, 3.8) is 0 Å². The summed E-state index contributed by atoms with van der Waals surface area (Å²) < 4.78 is 0. The highest BCUT2D eigenvalue weighted by atomic mass is 127. The van der Waals surface area contributed by atoms with Crippen LogP contribution in [0.25, 0.3) is 0 Å². The Kier molecular flexibility index (Phi) is 12.0. The van der Waals surface area contributed by atoms with Gasteiger partial charge in [-0.2, -0.15) is 11.3 Å². The van der Waals surface area contributed by atoms with Crippen molar-refractivity contribution >= 4 is 41.3 Å². The fraction of sp³-hybridized carbons (Fsp3) is 0.667. The highest BCUT2D eigenvalue weighted by molar-refractivity contribution is 14.0. The van der Waals surface area contributed by atoms with Crippen LogP contribution in [0, 0.1) is 0 Å². The first-order valence-corrected chi connectivity index (χ1v) is 8.34. The zero-order valence-corrected chi connectivity index (χ0v) is 16.7. The van der Waals surface area contributed by atoms with E-state index >= 15 is 0 Å². The molecule has 0 aliphatic heterocycles. The van der Waals surface area contributed by atoms with Gasteiger partial charge in [0.1, 0.15) is 0 Å². The van der Waals surface area contributed by atoms with Crippen molar-refractivity contribution in [2.24, 2.45) is 4.99 Å². The predicted octanol–water partition coefficient (Wildman–Crippen LogP) is 2.98. The predicted molar refractivity (Wildman–Crippen MR) is 105 cm³/mol. The molecular formula is C15H29IN4S. The minimum absolute atomic E-state index is 0. The number of hydrogen-bond acceptors (Lipinski definition) is 3. The van der Waals surface area contributed by atoms with Gasteiger partial charge in [0.2, 0.25) is 0 Å². The molecule has 21 heavy (non-hydrogen) atoms. The summed E-state index contributed by atoms with van der Waals surface area (Å²) in [5.41, 5.74) is 1.39. The fourth-order valence-electron chi connectivity index (χ4n) is 2.02. The lowest BCUT2D eigenvalue weighted by atomic mass is 10.1. The maximum Gasteiger partial charge on any atom is 0.191 e. The third kappa shape index (κ3) is 8.01. The van der Waals surface area contributed by atoms with Crippen LogP contribution in [-0.2, 0) is 0 Å². The standard InChI is InChI=1S/C15H28N4S.HI/c1-5-19(6-2)9-8-17-15(16-4)18-11-13(3)14-7-10-20-12-14;/h7,10,12-13H,5-6,8-9,11H2,1-4H3,(H2,16,17,18);1H. The quantitative estimate of drug-likeness (QED) is 0.383. The van der Waals surface area contributed by atoms with Crippen LogP contribution >= 0.6 is 35.3 Å². The van der Waals surface area contributed by atoms with Crippen LogP contribution < -0.4 is 10.6 Å². The molecule has 6 heteroatoms. The molecule has 1 aromatic heterocycles. The molecule has 0 aromatic carbocycles. The number of likely N-dealkylation sites (N-methyl/N-ethyl adjacent to an activating group) is 1. The van der Waals surface area contributed by atoms with Crippen molar-refractivity contribution in [1.82, 2.24) is 15.5 Å². The molecule has 1 rings (SSSR count). The Morgan fingerprint density at radius 1 is 1.33 bits per heavy atom. The van der Waals surface area contributed by atoms with Crippen LogP contribution in [-0.4, -0.2) is 50.6 Å². The van der Waals surface area contributed by atoms with Crippen molar-refractivity contribution in [3.8, 4) is 0 Å². The van der Waals surface area contributed by atoms with Gasteiger partial charge in [-0.3, -0.25) is 4.99 Å². The summed E-state index contributed by atoms with van der Waals surface area (Å²) in [6.07, 6.45) is 0. The first kappa shape index (κ1) is 20.7. The van der Waals surface area contributed by atoms with Gasteiger partial charge < -0.3 is 15.5 Å². The Morgan fingerprint density at radius 3 is 2.57 bits per heavy atom. The van der Waals surface area contributed by atoms with Crippen LogP contribution in [0.2, 0.25) is 0 Å². The molecule has 0 bridgehead atoms. The Labute approximate surface area is 150 Å². The number of aliphatic imine (C=N–C) groups is 1. The summed E-state index contributed by atoms with van der Waals surface area (Å²) in [5.74, 6) is 1.39. The zero-order chi connectivity index (χ0) is 14.8. The lowest BCUT2D eigenvalue weighted by molar-refractivity contribution is 0.308. The molecule has 0 radical (unpaired) electrons. The number of thiophene rings is 1. The second kappa shape index (κ2) is 12.2. The third-order valence-corrected chi connectivity index (χ3v) is 4.23. The lowest BCUT2D eigenvalue weighted by Crippen LogP contribution is -2.42. The maximum absolute atomic E-state index is 4.27. The molecule has 1 atom stereocenters. The van der Waals surface area contributed by atoms with Gasteiger partial charge in [-0.25, -0.2) is 0 Å². The van der Waals surface area contributed by atoms with Crippen LogP contribution in [0.1, 0.15) is 32.3 Å². The van der Waals surface area contributed by atoms with Crippen molar-refractivity contribution in [3.05, 3.63) is 22.4 Å². The van der Waals surface area contributed by atoms with Crippen LogP contribution in [0.5, 0.6) is 0 Å². The molecule has 0 aliphatic rings. The minimum atomic E-state index is 0. The number of nitrogens with zero attached hydrogens (tertiary/aromatic N) is 2. The summed E-state index contributed by atoms with van der Waals surface area (Å²) in [6.45, 7) is 11.7. The molecule has 0 saturated heterocycles. The van der Waals surface area contributed by atoms with E-state index in [2.05, 4.69) is 58.1 Å². The monoisotopic (exact) mass is 424 g/mol. The molecule has 0 spiro atoms. The Balaban J connectivity index is 0.00000400. The van der Waals surface area contributed by atoms with Crippen molar-refractivity contribution < 1.29 is 0 Å². The number of nitrogens with one attached hydrogen (secondary N) is 2. The van der Waals surface area contributed by atoms with Crippen LogP contribution in [0.3, 0.4) is 0 Å². The van der Waals surface area contributed by atoms with Crippen molar-refractivity contribution in [2.45, 2.75) is 26.7 Å². The molecule has 0 aliphatic carbocycles. The molecule has 0 fully saturated rings. The second-order valence-corrected chi connectivity index (χ2v) is 5.64. The first-order chi connectivity index (χ1) is 9.71. The van der Waals surface area contributed by atoms with Gasteiger partial charge in [-0.1, -0.05) is 20.8 Å². The largest absolute Gasteiger partial charge is 0.356 e. The van der Waals surface area contributed by atoms with Crippen LogP contribution in [0.4, 0.5) is 0 Å². The van der Waals surface area contributed by atoms with E-state index in [9.17, 15) is 0 Å². The van der Waals surface area contributed by atoms with E-state index in [1.165, 1.54) is 5.56 Å². The SMILES string of the molecule is CCN(CC)CCNC(=NC)NCC(C)c1ccsc1.I. The Hall–Kier alpha value is -0.340. The van der Waals surface area contributed by atoms with Crippen molar-refractivity contribution in [2.75, 3.05) is 39.8 Å². The van der Waals surface area contributed by atoms with Gasteiger partial charge in [0, 0.05) is 26.7 Å². The van der Waals surface area contributed by atoms with E-state index in [1.807, 2.05) is 7.05 Å². The molecule has 1 aromatic rings. The van der Waals surface area contributed by atoms with Crippen LogP contribution in [0.15, 0.2) is 21.8 Å². The van der Waals surface area contributed by atoms with E-state index < -0.39 is 0 Å². The smallest absolute Gasteiger partial charge is 0.191 e. The van der Waals surface area contributed by atoms with Gasteiger partial charge in [0.05, 0.1) is 0 Å². The fourth-order valence-corrected chi connectivity index (χ4v) is 2.80. The highest BCUT2D eigenvalue weighted by Crippen LogP contribution is 2.16. The second-order valence-electron chi connectivity index (χ2n) is 4.86. The number of halogens is 1. The first-order valence-electron chi connectivity index (χ1n) is 7.40. The normalized spacial score (nSPS) is 12.9. The molecule has 122 valence electrons. The summed E-state index contributed by atoms with van der Waals surface area (Å²) in [7, 11) is 1.82. The molecule has 4 nitrogen and oxygen atoms in total. The summed E-state index contributed by atoms with van der Waals surface area (Å²) >= 11 is 1.75. The maximum atomic E-state index is 4.27. The average molecular weight is 424 g/mol. The summed E-state index contributed by atoms with van der Waals surface area (Å²) in [4.78, 5) is 6.67. The summed E-state index contributed by atoms with van der Waals surface area (Å²) in [5, 5.41) is 11.1. The van der Waals surface area contributed by atoms with Gasteiger partial charge >= 0.3 is 0 Å². The number of guanidine groups is 1. The molecule has 0 saturated carbocycles. The van der Waals surface area contributed by atoms with Gasteiger partial charge in [-0.15, -0.1) is 24.0 Å².